The Morgan fingerprint density at radius 1 is 1.05 bits per heavy atom. The van der Waals surface area contributed by atoms with Crippen molar-refractivity contribution in [1.29, 1.82) is 0 Å². The zero-order valence-electron chi connectivity index (χ0n) is 11.7. The van der Waals surface area contributed by atoms with Crippen molar-refractivity contribution >= 4 is 39.1 Å². The predicted molar refractivity (Wildman–Crippen MR) is 94.1 cm³/mol. The Kier molecular flexibility index (Phi) is 5.51. The van der Waals surface area contributed by atoms with Crippen LogP contribution >= 0.6 is 28.3 Å². The third-order valence-corrected chi connectivity index (χ3v) is 3.74. The summed E-state index contributed by atoms with van der Waals surface area (Å²) in [6.45, 7) is 0. The number of anilines is 2. The number of halogens is 2. The smallest absolute Gasteiger partial charge is 0.187 e. The Hall–Kier alpha value is -1.92. The molecule has 2 aromatic carbocycles. The average molecular weight is 381 g/mol. The Morgan fingerprint density at radius 2 is 1.73 bits per heavy atom. The van der Waals surface area contributed by atoms with Crippen molar-refractivity contribution in [2.45, 2.75) is 0 Å². The van der Waals surface area contributed by atoms with Crippen LogP contribution in [0.1, 0.15) is 0 Å². The number of aromatic nitrogens is 1. The molecular weight excluding hydrogens is 367 g/mol. The Morgan fingerprint density at radius 3 is 2.36 bits per heavy atom. The summed E-state index contributed by atoms with van der Waals surface area (Å²) in [6, 6.07) is 13.9. The minimum Gasteiger partial charge on any atom is -0.497 e. The van der Waals surface area contributed by atoms with Gasteiger partial charge >= 0.3 is 0 Å². The fourth-order valence-corrected chi connectivity index (χ4v) is 2.62. The SMILES string of the molecule is Br.COc1ccc(Nc2nc(-c3ccc(F)cc3)cs2)cc1. The number of hydrogen-bond donors (Lipinski definition) is 1. The Labute approximate surface area is 142 Å². The molecule has 1 aromatic heterocycles. The Balaban J connectivity index is 0.00000176. The highest BCUT2D eigenvalue weighted by atomic mass is 79.9. The van der Waals surface area contributed by atoms with Crippen LogP contribution < -0.4 is 10.1 Å². The van der Waals surface area contributed by atoms with E-state index in [1.807, 2.05) is 29.6 Å². The molecule has 0 saturated heterocycles. The summed E-state index contributed by atoms with van der Waals surface area (Å²) in [5, 5.41) is 5.97. The Bertz CT molecular complexity index is 729. The summed E-state index contributed by atoms with van der Waals surface area (Å²) < 4.78 is 18.0. The first-order chi connectivity index (χ1) is 10.2. The highest BCUT2D eigenvalue weighted by Crippen LogP contribution is 2.27. The van der Waals surface area contributed by atoms with Gasteiger partial charge < -0.3 is 10.1 Å². The van der Waals surface area contributed by atoms with E-state index in [2.05, 4.69) is 10.3 Å². The molecule has 0 unspecified atom stereocenters. The van der Waals surface area contributed by atoms with Crippen LogP contribution in [0.3, 0.4) is 0 Å². The summed E-state index contributed by atoms with van der Waals surface area (Å²) >= 11 is 1.51. The molecule has 0 aliphatic carbocycles. The van der Waals surface area contributed by atoms with E-state index in [0.29, 0.717) is 0 Å². The molecule has 114 valence electrons. The number of nitrogens with one attached hydrogen (secondary N) is 1. The molecule has 0 saturated carbocycles. The summed E-state index contributed by atoms with van der Waals surface area (Å²) in [5.74, 6) is 0.567. The van der Waals surface area contributed by atoms with E-state index >= 15 is 0 Å². The molecule has 0 aliphatic rings. The van der Waals surface area contributed by atoms with Crippen LogP contribution in [0.25, 0.3) is 11.3 Å². The van der Waals surface area contributed by atoms with E-state index in [4.69, 9.17) is 4.74 Å². The lowest BCUT2D eigenvalue weighted by Gasteiger charge is -2.04. The van der Waals surface area contributed by atoms with Gasteiger partial charge in [0.25, 0.3) is 0 Å². The number of nitrogens with zero attached hydrogens (tertiary/aromatic N) is 1. The minimum absolute atomic E-state index is 0. The molecular formula is C16H14BrFN2OS. The van der Waals surface area contributed by atoms with Gasteiger partial charge in [-0.25, -0.2) is 9.37 Å². The molecule has 0 bridgehead atoms. The molecule has 0 aliphatic heterocycles. The molecule has 6 heteroatoms. The van der Waals surface area contributed by atoms with E-state index in [9.17, 15) is 4.39 Å². The topological polar surface area (TPSA) is 34.1 Å². The van der Waals surface area contributed by atoms with E-state index in [1.54, 1.807) is 19.2 Å². The number of ether oxygens (including phenoxy) is 1. The van der Waals surface area contributed by atoms with Crippen LogP contribution in [0.5, 0.6) is 5.75 Å². The van der Waals surface area contributed by atoms with Gasteiger partial charge in [0, 0.05) is 16.6 Å². The van der Waals surface area contributed by atoms with Gasteiger partial charge in [0.05, 0.1) is 12.8 Å². The first-order valence-electron chi connectivity index (χ1n) is 6.37. The van der Waals surface area contributed by atoms with Crippen molar-refractivity contribution in [3.8, 4) is 17.0 Å². The normalized spacial score (nSPS) is 9.91. The maximum absolute atomic E-state index is 12.9. The lowest BCUT2D eigenvalue weighted by Crippen LogP contribution is -1.90. The van der Waals surface area contributed by atoms with Crippen LogP contribution in [-0.4, -0.2) is 12.1 Å². The summed E-state index contributed by atoms with van der Waals surface area (Å²) in [4.78, 5) is 4.50. The first kappa shape index (κ1) is 16.5. The third-order valence-electron chi connectivity index (χ3n) is 2.99. The van der Waals surface area contributed by atoms with E-state index in [1.165, 1.54) is 23.5 Å². The monoisotopic (exact) mass is 380 g/mol. The fraction of sp³-hybridized carbons (Fsp3) is 0.0625. The predicted octanol–water partition coefficient (Wildman–Crippen LogP) is 5.28. The number of thiazole rings is 1. The van der Waals surface area contributed by atoms with Crippen molar-refractivity contribution < 1.29 is 9.13 Å². The third kappa shape index (κ3) is 3.84. The second-order valence-electron chi connectivity index (χ2n) is 4.40. The van der Waals surface area contributed by atoms with Gasteiger partial charge in [0.1, 0.15) is 11.6 Å². The molecule has 1 heterocycles. The van der Waals surface area contributed by atoms with Gasteiger partial charge in [0.2, 0.25) is 0 Å². The molecule has 3 nitrogen and oxygen atoms in total. The molecule has 1 N–H and O–H groups in total. The van der Waals surface area contributed by atoms with E-state index < -0.39 is 0 Å². The van der Waals surface area contributed by atoms with Crippen molar-refractivity contribution in [1.82, 2.24) is 4.98 Å². The summed E-state index contributed by atoms with van der Waals surface area (Å²) in [5.41, 5.74) is 2.67. The van der Waals surface area contributed by atoms with Gasteiger partial charge in [-0.3, -0.25) is 0 Å². The number of methoxy groups -OCH3 is 1. The van der Waals surface area contributed by atoms with Crippen LogP contribution in [-0.2, 0) is 0 Å². The molecule has 22 heavy (non-hydrogen) atoms. The lowest BCUT2D eigenvalue weighted by atomic mass is 10.2. The molecule has 0 fully saturated rings. The minimum atomic E-state index is -0.245. The lowest BCUT2D eigenvalue weighted by molar-refractivity contribution is 0.415. The number of rotatable bonds is 4. The van der Waals surface area contributed by atoms with Crippen LogP contribution in [0.2, 0.25) is 0 Å². The zero-order chi connectivity index (χ0) is 14.7. The molecule has 0 atom stereocenters. The van der Waals surface area contributed by atoms with Gasteiger partial charge in [0.15, 0.2) is 5.13 Å². The van der Waals surface area contributed by atoms with Crippen LogP contribution in [0.15, 0.2) is 53.9 Å². The summed E-state index contributed by atoms with van der Waals surface area (Å²) in [7, 11) is 1.64. The zero-order valence-corrected chi connectivity index (χ0v) is 14.3. The van der Waals surface area contributed by atoms with E-state index in [-0.39, 0.29) is 22.8 Å². The molecule has 0 spiro atoms. The van der Waals surface area contributed by atoms with Crippen molar-refractivity contribution in [3.05, 3.63) is 59.7 Å². The molecule has 0 radical (unpaired) electrons. The quantitative estimate of drug-likeness (QED) is 0.668. The van der Waals surface area contributed by atoms with Gasteiger partial charge in [-0.1, -0.05) is 0 Å². The second-order valence-corrected chi connectivity index (χ2v) is 5.26. The highest BCUT2D eigenvalue weighted by Gasteiger charge is 2.05. The van der Waals surface area contributed by atoms with Crippen molar-refractivity contribution in [3.63, 3.8) is 0 Å². The van der Waals surface area contributed by atoms with Crippen molar-refractivity contribution in [2.75, 3.05) is 12.4 Å². The standard InChI is InChI=1S/C16H13FN2OS.BrH/c1-20-14-8-6-13(7-9-14)18-16-19-15(10-21-16)11-2-4-12(17)5-3-11;/h2-10H,1H3,(H,18,19);1H. The maximum Gasteiger partial charge on any atom is 0.187 e. The van der Waals surface area contributed by atoms with Crippen LogP contribution in [0, 0.1) is 5.82 Å². The molecule has 0 amide bonds. The van der Waals surface area contributed by atoms with Gasteiger partial charge in [-0.2, -0.15) is 0 Å². The second kappa shape index (κ2) is 7.38. The van der Waals surface area contributed by atoms with Gasteiger partial charge in [-0.05, 0) is 48.5 Å². The summed E-state index contributed by atoms with van der Waals surface area (Å²) in [6.07, 6.45) is 0. The highest BCUT2D eigenvalue weighted by molar-refractivity contribution is 8.93. The fourth-order valence-electron chi connectivity index (χ4n) is 1.88. The van der Waals surface area contributed by atoms with Gasteiger partial charge in [-0.15, -0.1) is 28.3 Å². The van der Waals surface area contributed by atoms with Crippen LogP contribution in [0.4, 0.5) is 15.2 Å². The van der Waals surface area contributed by atoms with Crippen molar-refractivity contribution in [2.24, 2.45) is 0 Å². The number of hydrogen-bond acceptors (Lipinski definition) is 4. The largest absolute Gasteiger partial charge is 0.497 e. The van der Waals surface area contributed by atoms with E-state index in [0.717, 1.165) is 27.8 Å². The maximum atomic E-state index is 12.9. The number of benzene rings is 2. The first-order valence-corrected chi connectivity index (χ1v) is 7.25. The average Bonchev–Trinajstić information content (AvgIpc) is 2.97. The molecule has 3 rings (SSSR count). The molecule has 3 aromatic rings.